The molecule has 0 aliphatic carbocycles. The predicted molar refractivity (Wildman–Crippen MR) is 68.5 cm³/mol. The summed E-state index contributed by atoms with van der Waals surface area (Å²) in [6.45, 7) is 5.65. The molecule has 90 valence electrons. The normalized spacial score (nSPS) is 12.1. The molecule has 1 aromatic rings. The van der Waals surface area contributed by atoms with Gasteiger partial charge in [-0.2, -0.15) is 5.26 Å². The second kappa shape index (κ2) is 7.61. The highest BCUT2D eigenvalue weighted by Gasteiger charge is 2.14. The number of hydrogen-bond acceptors (Lipinski definition) is 3. The molecule has 1 unspecified atom stereocenters. The summed E-state index contributed by atoms with van der Waals surface area (Å²) in [7, 11) is 0. The van der Waals surface area contributed by atoms with Crippen molar-refractivity contribution in [3.8, 4) is 6.07 Å². The van der Waals surface area contributed by atoms with Gasteiger partial charge in [-0.25, -0.2) is 0 Å². The fraction of sp³-hybridized carbons (Fsp3) is 0.357. The van der Waals surface area contributed by atoms with Gasteiger partial charge in [-0.1, -0.05) is 36.4 Å². The van der Waals surface area contributed by atoms with Crippen LogP contribution in [0.1, 0.15) is 11.5 Å². The van der Waals surface area contributed by atoms with Gasteiger partial charge in [0.05, 0.1) is 18.6 Å². The first kappa shape index (κ1) is 13.4. The Balaban J connectivity index is 2.68. The Hall–Kier alpha value is -1.63. The Morgan fingerprint density at radius 2 is 2.12 bits per heavy atom. The highest BCUT2D eigenvalue weighted by Crippen LogP contribution is 2.15. The van der Waals surface area contributed by atoms with E-state index in [4.69, 9.17) is 5.11 Å². The molecule has 0 saturated heterocycles. The van der Waals surface area contributed by atoms with Crippen LogP contribution in [0.2, 0.25) is 0 Å². The van der Waals surface area contributed by atoms with E-state index < -0.39 is 0 Å². The van der Waals surface area contributed by atoms with Crippen molar-refractivity contribution in [3.05, 3.63) is 48.6 Å². The molecule has 0 heterocycles. The number of hydrogen-bond donors (Lipinski definition) is 1. The average Bonchev–Trinajstić information content (AvgIpc) is 2.37. The van der Waals surface area contributed by atoms with Crippen LogP contribution in [0.4, 0.5) is 0 Å². The van der Waals surface area contributed by atoms with Gasteiger partial charge in [-0.3, -0.25) is 4.90 Å². The fourth-order valence-electron chi connectivity index (χ4n) is 1.75. The van der Waals surface area contributed by atoms with E-state index in [2.05, 4.69) is 12.6 Å². The molecule has 1 rings (SSSR count). The first-order valence-electron chi connectivity index (χ1n) is 5.70. The molecule has 0 amide bonds. The van der Waals surface area contributed by atoms with Crippen LogP contribution >= 0.6 is 0 Å². The molecule has 0 aliphatic heterocycles. The van der Waals surface area contributed by atoms with E-state index in [0.29, 0.717) is 19.6 Å². The van der Waals surface area contributed by atoms with E-state index in [1.165, 1.54) is 0 Å². The zero-order chi connectivity index (χ0) is 12.5. The molecule has 0 saturated carbocycles. The van der Waals surface area contributed by atoms with Crippen LogP contribution < -0.4 is 0 Å². The van der Waals surface area contributed by atoms with Crippen molar-refractivity contribution in [1.29, 1.82) is 5.26 Å². The SMILES string of the molecule is C=CCN(CCO)CC(C#N)c1ccccc1. The topological polar surface area (TPSA) is 47.3 Å². The second-order valence-electron chi connectivity index (χ2n) is 3.86. The molecule has 0 bridgehead atoms. The minimum Gasteiger partial charge on any atom is -0.395 e. The third-order valence-corrected chi connectivity index (χ3v) is 2.60. The Bertz CT molecular complexity index is 370. The van der Waals surface area contributed by atoms with Crippen molar-refractivity contribution in [3.63, 3.8) is 0 Å². The molecule has 1 N–H and O–H groups in total. The third kappa shape index (κ3) is 4.39. The van der Waals surface area contributed by atoms with Crippen LogP contribution in [-0.2, 0) is 0 Å². The maximum absolute atomic E-state index is 9.20. The first-order chi connectivity index (χ1) is 8.31. The summed E-state index contributed by atoms with van der Waals surface area (Å²) in [5.74, 6) is -0.164. The number of nitriles is 1. The van der Waals surface area contributed by atoms with Crippen molar-refractivity contribution in [2.75, 3.05) is 26.2 Å². The lowest BCUT2D eigenvalue weighted by atomic mass is 10.00. The van der Waals surface area contributed by atoms with Crippen molar-refractivity contribution >= 4 is 0 Å². The van der Waals surface area contributed by atoms with E-state index in [0.717, 1.165) is 5.56 Å². The molecule has 0 spiro atoms. The molecule has 1 atom stereocenters. The van der Waals surface area contributed by atoms with E-state index in [1.807, 2.05) is 35.2 Å². The molecular formula is C14H18N2O. The standard InChI is InChI=1S/C14H18N2O/c1-2-8-16(9-10-17)12-14(11-15)13-6-4-3-5-7-13/h2-7,14,17H,1,8-10,12H2. The summed E-state index contributed by atoms with van der Waals surface area (Å²) in [5, 5.41) is 18.2. The summed E-state index contributed by atoms with van der Waals surface area (Å²) in [5.41, 5.74) is 1.02. The maximum atomic E-state index is 9.20. The molecule has 0 radical (unpaired) electrons. The lowest BCUT2D eigenvalue weighted by molar-refractivity contribution is 0.206. The second-order valence-corrected chi connectivity index (χ2v) is 3.86. The predicted octanol–water partition coefficient (Wildman–Crippen LogP) is 1.77. The molecular weight excluding hydrogens is 212 g/mol. The largest absolute Gasteiger partial charge is 0.395 e. The molecule has 0 aromatic heterocycles. The number of nitrogens with zero attached hydrogens (tertiary/aromatic N) is 2. The first-order valence-corrected chi connectivity index (χ1v) is 5.70. The summed E-state index contributed by atoms with van der Waals surface area (Å²) in [4.78, 5) is 2.02. The van der Waals surface area contributed by atoms with Crippen molar-refractivity contribution < 1.29 is 5.11 Å². The van der Waals surface area contributed by atoms with Gasteiger partial charge in [-0.15, -0.1) is 6.58 Å². The van der Waals surface area contributed by atoms with Crippen LogP contribution in [0.25, 0.3) is 0 Å². The third-order valence-electron chi connectivity index (χ3n) is 2.60. The van der Waals surface area contributed by atoms with Crippen molar-refractivity contribution in [2.45, 2.75) is 5.92 Å². The summed E-state index contributed by atoms with van der Waals surface area (Å²) in [6.07, 6.45) is 1.79. The van der Waals surface area contributed by atoms with E-state index in [1.54, 1.807) is 6.08 Å². The smallest absolute Gasteiger partial charge is 0.0839 e. The Morgan fingerprint density at radius 1 is 1.41 bits per heavy atom. The van der Waals surface area contributed by atoms with Gasteiger partial charge < -0.3 is 5.11 Å². The maximum Gasteiger partial charge on any atom is 0.0839 e. The van der Waals surface area contributed by atoms with Crippen LogP contribution in [0.5, 0.6) is 0 Å². The highest BCUT2D eigenvalue weighted by atomic mass is 16.3. The zero-order valence-electron chi connectivity index (χ0n) is 9.92. The Kier molecular flexibility index (Phi) is 6.02. The van der Waals surface area contributed by atoms with Crippen LogP contribution in [0.15, 0.2) is 43.0 Å². The Labute approximate surface area is 103 Å². The summed E-state index contributed by atoms with van der Waals surface area (Å²) < 4.78 is 0. The summed E-state index contributed by atoms with van der Waals surface area (Å²) >= 11 is 0. The van der Waals surface area contributed by atoms with Gasteiger partial charge in [0.1, 0.15) is 0 Å². The van der Waals surface area contributed by atoms with Crippen LogP contribution in [-0.4, -0.2) is 36.2 Å². The summed E-state index contributed by atoms with van der Waals surface area (Å²) in [6, 6.07) is 12.0. The van der Waals surface area contributed by atoms with Gasteiger partial charge in [0.15, 0.2) is 0 Å². The lowest BCUT2D eigenvalue weighted by Gasteiger charge is -2.22. The van der Waals surface area contributed by atoms with E-state index >= 15 is 0 Å². The monoisotopic (exact) mass is 230 g/mol. The van der Waals surface area contributed by atoms with Gasteiger partial charge in [0.25, 0.3) is 0 Å². The molecule has 0 aliphatic rings. The molecule has 0 fully saturated rings. The molecule has 3 heteroatoms. The van der Waals surface area contributed by atoms with Crippen molar-refractivity contribution in [2.24, 2.45) is 0 Å². The molecule has 1 aromatic carbocycles. The number of aliphatic hydroxyl groups excluding tert-OH is 1. The van der Waals surface area contributed by atoms with E-state index in [-0.39, 0.29) is 12.5 Å². The Morgan fingerprint density at radius 3 is 2.65 bits per heavy atom. The van der Waals surface area contributed by atoms with Crippen LogP contribution in [0, 0.1) is 11.3 Å². The quantitative estimate of drug-likeness (QED) is 0.726. The minimum absolute atomic E-state index is 0.0980. The van der Waals surface area contributed by atoms with Gasteiger partial charge in [-0.05, 0) is 5.56 Å². The molecule has 3 nitrogen and oxygen atoms in total. The highest BCUT2D eigenvalue weighted by molar-refractivity contribution is 5.25. The average molecular weight is 230 g/mol. The molecule has 17 heavy (non-hydrogen) atoms. The number of benzene rings is 1. The van der Waals surface area contributed by atoms with Crippen molar-refractivity contribution in [1.82, 2.24) is 4.90 Å². The van der Waals surface area contributed by atoms with Gasteiger partial charge in [0, 0.05) is 19.6 Å². The lowest BCUT2D eigenvalue weighted by Crippen LogP contribution is -2.31. The van der Waals surface area contributed by atoms with Gasteiger partial charge in [0.2, 0.25) is 0 Å². The minimum atomic E-state index is -0.164. The zero-order valence-corrected chi connectivity index (χ0v) is 9.92. The number of rotatable bonds is 7. The van der Waals surface area contributed by atoms with Gasteiger partial charge >= 0.3 is 0 Å². The van der Waals surface area contributed by atoms with Crippen LogP contribution in [0.3, 0.4) is 0 Å². The fourth-order valence-corrected chi connectivity index (χ4v) is 1.75. The van der Waals surface area contributed by atoms with E-state index in [9.17, 15) is 5.26 Å². The number of aliphatic hydroxyl groups is 1.